The Labute approximate surface area is 108 Å². The van der Waals surface area contributed by atoms with E-state index in [0.717, 1.165) is 17.8 Å². The van der Waals surface area contributed by atoms with Crippen LogP contribution < -0.4 is 5.32 Å². The Bertz CT molecular complexity index is 323. The van der Waals surface area contributed by atoms with E-state index in [9.17, 15) is 5.11 Å². The van der Waals surface area contributed by atoms with Crippen molar-refractivity contribution in [2.24, 2.45) is 5.92 Å². The second-order valence-electron chi connectivity index (χ2n) is 4.56. The molecule has 3 nitrogen and oxygen atoms in total. The first-order valence-corrected chi connectivity index (χ1v) is 7.23. The normalized spacial score (nSPS) is 15.2. The van der Waals surface area contributed by atoms with Gasteiger partial charge in [-0.2, -0.15) is 0 Å². The summed E-state index contributed by atoms with van der Waals surface area (Å²) in [5.41, 5.74) is 0. The van der Waals surface area contributed by atoms with Crippen molar-refractivity contribution in [2.45, 2.75) is 52.7 Å². The summed E-state index contributed by atoms with van der Waals surface area (Å²) in [6.07, 6.45) is 3.74. The van der Waals surface area contributed by atoms with Crippen molar-refractivity contribution in [2.75, 3.05) is 6.54 Å². The first-order valence-electron chi connectivity index (χ1n) is 6.42. The van der Waals surface area contributed by atoms with Crippen molar-refractivity contribution in [1.29, 1.82) is 0 Å². The lowest BCUT2D eigenvalue weighted by Crippen LogP contribution is -2.33. The van der Waals surface area contributed by atoms with Crippen LogP contribution in [0.4, 0.5) is 0 Å². The maximum atomic E-state index is 10.0. The summed E-state index contributed by atoms with van der Waals surface area (Å²) in [5, 5.41) is 14.5. The van der Waals surface area contributed by atoms with Gasteiger partial charge in [0.05, 0.1) is 11.1 Å². The average molecular weight is 256 g/mol. The van der Waals surface area contributed by atoms with Crippen molar-refractivity contribution in [3.05, 3.63) is 16.1 Å². The van der Waals surface area contributed by atoms with E-state index in [1.54, 1.807) is 11.3 Å². The number of aryl methyl sites for hydroxylation is 1. The Hall–Kier alpha value is -0.450. The first kappa shape index (κ1) is 14.6. The molecule has 1 heterocycles. The van der Waals surface area contributed by atoms with Gasteiger partial charge < -0.3 is 10.4 Å². The highest BCUT2D eigenvalue weighted by Crippen LogP contribution is 2.20. The van der Waals surface area contributed by atoms with Gasteiger partial charge in [0.2, 0.25) is 0 Å². The maximum absolute atomic E-state index is 10.0. The summed E-state index contributed by atoms with van der Waals surface area (Å²) in [5.74, 6) is 0.401. The molecule has 0 aliphatic rings. The van der Waals surface area contributed by atoms with Crippen molar-refractivity contribution in [3.63, 3.8) is 0 Å². The molecule has 4 heteroatoms. The van der Waals surface area contributed by atoms with E-state index in [4.69, 9.17) is 0 Å². The molecule has 0 saturated heterocycles. The predicted octanol–water partition coefficient (Wildman–Crippen LogP) is 2.90. The van der Waals surface area contributed by atoms with Crippen LogP contribution in [0, 0.1) is 12.8 Å². The van der Waals surface area contributed by atoms with Gasteiger partial charge in [0.25, 0.3) is 0 Å². The van der Waals surface area contributed by atoms with E-state index in [-0.39, 0.29) is 12.1 Å². The molecule has 0 saturated carbocycles. The molecule has 2 N–H and O–H groups in total. The molecule has 1 aromatic heterocycles. The van der Waals surface area contributed by atoms with Crippen molar-refractivity contribution in [1.82, 2.24) is 10.3 Å². The quantitative estimate of drug-likeness (QED) is 0.788. The number of thiazole rings is 1. The average Bonchev–Trinajstić information content (AvgIpc) is 2.74. The van der Waals surface area contributed by atoms with Gasteiger partial charge in [-0.3, -0.25) is 0 Å². The zero-order chi connectivity index (χ0) is 12.8. The summed E-state index contributed by atoms with van der Waals surface area (Å²) in [7, 11) is 0. The zero-order valence-corrected chi connectivity index (χ0v) is 12.0. The van der Waals surface area contributed by atoms with Gasteiger partial charge >= 0.3 is 0 Å². The van der Waals surface area contributed by atoms with E-state index in [2.05, 4.69) is 31.1 Å². The Morgan fingerprint density at radius 1 is 1.41 bits per heavy atom. The third-order valence-corrected chi connectivity index (χ3v) is 4.39. The molecule has 2 atom stereocenters. The summed E-state index contributed by atoms with van der Waals surface area (Å²) in [4.78, 5) is 5.48. The van der Waals surface area contributed by atoms with E-state index in [0.29, 0.717) is 12.5 Å². The predicted molar refractivity (Wildman–Crippen MR) is 73.3 cm³/mol. The number of nitrogens with one attached hydrogen (secondary N) is 1. The Kier molecular flexibility index (Phi) is 6.09. The van der Waals surface area contributed by atoms with Gasteiger partial charge in [-0.1, -0.05) is 26.7 Å². The number of hydrogen-bond donors (Lipinski definition) is 2. The lowest BCUT2D eigenvalue weighted by molar-refractivity contribution is 0.0990. The molecule has 0 bridgehead atoms. The summed E-state index contributed by atoms with van der Waals surface area (Å²) in [6.45, 7) is 9.05. The smallest absolute Gasteiger partial charge is 0.0897 e. The minimum atomic E-state index is -0.249. The fraction of sp³-hybridized carbons (Fsp3) is 0.769. The van der Waals surface area contributed by atoms with Crippen molar-refractivity contribution >= 4 is 11.3 Å². The highest BCUT2D eigenvalue weighted by molar-refractivity contribution is 7.11. The Morgan fingerprint density at radius 3 is 2.53 bits per heavy atom. The molecule has 0 aliphatic heterocycles. The van der Waals surface area contributed by atoms with Crippen LogP contribution in [-0.2, 0) is 0 Å². The highest BCUT2D eigenvalue weighted by atomic mass is 32.1. The molecule has 1 aromatic rings. The molecule has 98 valence electrons. The van der Waals surface area contributed by atoms with E-state index in [1.807, 2.05) is 13.1 Å². The summed E-state index contributed by atoms with van der Waals surface area (Å²) in [6, 6.07) is 0.269. The summed E-state index contributed by atoms with van der Waals surface area (Å²) >= 11 is 1.71. The molecule has 0 aliphatic carbocycles. The highest BCUT2D eigenvalue weighted by Gasteiger charge is 2.17. The van der Waals surface area contributed by atoms with Crippen LogP contribution in [0.2, 0.25) is 0 Å². The number of nitrogens with zero attached hydrogens (tertiary/aromatic N) is 1. The number of hydrogen-bond acceptors (Lipinski definition) is 4. The van der Waals surface area contributed by atoms with Gasteiger partial charge in [-0.25, -0.2) is 4.98 Å². The SMILES string of the molecule is CCC(CC)C(O)CNC(C)c1cnc(C)s1. The van der Waals surface area contributed by atoms with Crippen molar-refractivity contribution < 1.29 is 5.11 Å². The van der Waals surface area contributed by atoms with Gasteiger partial charge in [-0.15, -0.1) is 11.3 Å². The van der Waals surface area contributed by atoms with Gasteiger partial charge in [-0.05, 0) is 19.8 Å². The van der Waals surface area contributed by atoms with Crippen LogP contribution >= 0.6 is 11.3 Å². The molecular weight excluding hydrogens is 232 g/mol. The number of aliphatic hydroxyl groups is 1. The fourth-order valence-corrected chi connectivity index (χ4v) is 2.79. The number of aromatic nitrogens is 1. The second-order valence-corrected chi connectivity index (χ2v) is 5.82. The third kappa shape index (κ3) is 4.37. The fourth-order valence-electron chi connectivity index (χ4n) is 1.98. The molecule has 0 aromatic carbocycles. The molecule has 0 fully saturated rings. The van der Waals surface area contributed by atoms with Crippen molar-refractivity contribution in [3.8, 4) is 0 Å². The molecule has 17 heavy (non-hydrogen) atoms. The zero-order valence-electron chi connectivity index (χ0n) is 11.2. The minimum Gasteiger partial charge on any atom is -0.392 e. The largest absolute Gasteiger partial charge is 0.392 e. The number of aliphatic hydroxyl groups excluding tert-OH is 1. The molecule has 0 amide bonds. The van der Waals surface area contributed by atoms with E-state index in [1.165, 1.54) is 4.88 Å². The van der Waals surface area contributed by atoms with Gasteiger partial charge in [0, 0.05) is 23.7 Å². The monoisotopic (exact) mass is 256 g/mol. The Morgan fingerprint density at radius 2 is 2.06 bits per heavy atom. The topological polar surface area (TPSA) is 45.1 Å². The standard InChI is InChI=1S/C13H24N2OS/c1-5-11(6-2)12(16)7-14-9(3)13-8-15-10(4)17-13/h8-9,11-12,14,16H,5-7H2,1-4H3. The first-order chi connectivity index (χ1) is 8.08. The van der Waals surface area contributed by atoms with E-state index >= 15 is 0 Å². The second kappa shape index (κ2) is 7.09. The van der Waals surface area contributed by atoms with Crippen LogP contribution in [0.25, 0.3) is 0 Å². The van der Waals surface area contributed by atoms with Gasteiger partial charge in [0.1, 0.15) is 0 Å². The molecule has 1 rings (SSSR count). The molecule has 2 unspecified atom stereocenters. The van der Waals surface area contributed by atoms with Crippen LogP contribution in [0.1, 0.15) is 49.5 Å². The Balaban J connectivity index is 2.40. The maximum Gasteiger partial charge on any atom is 0.0897 e. The minimum absolute atomic E-state index is 0.249. The number of rotatable bonds is 7. The third-order valence-electron chi connectivity index (χ3n) is 3.29. The molecule has 0 spiro atoms. The lowest BCUT2D eigenvalue weighted by atomic mass is 9.96. The van der Waals surface area contributed by atoms with Crippen LogP contribution in [0.15, 0.2) is 6.20 Å². The van der Waals surface area contributed by atoms with E-state index < -0.39 is 0 Å². The van der Waals surface area contributed by atoms with Gasteiger partial charge in [0.15, 0.2) is 0 Å². The molecule has 0 radical (unpaired) electrons. The lowest BCUT2D eigenvalue weighted by Gasteiger charge is -2.22. The summed E-state index contributed by atoms with van der Waals surface area (Å²) < 4.78 is 0. The molecular formula is C13H24N2OS. The van der Waals surface area contributed by atoms with Crippen LogP contribution in [0.3, 0.4) is 0 Å². The van der Waals surface area contributed by atoms with Crippen LogP contribution in [0.5, 0.6) is 0 Å². The van der Waals surface area contributed by atoms with Crippen LogP contribution in [-0.4, -0.2) is 22.7 Å².